The number of amides is 2. The van der Waals surface area contributed by atoms with Crippen molar-refractivity contribution in [2.24, 2.45) is 17.6 Å². The molecule has 26 heavy (non-hydrogen) atoms. The zero-order chi connectivity index (χ0) is 19.5. The molecule has 4 unspecified atom stereocenters. The van der Waals surface area contributed by atoms with Gasteiger partial charge in [-0.05, 0) is 25.7 Å². The van der Waals surface area contributed by atoms with Crippen LogP contribution in [0.25, 0.3) is 0 Å². The van der Waals surface area contributed by atoms with Crippen molar-refractivity contribution < 1.29 is 9.59 Å². The van der Waals surface area contributed by atoms with Gasteiger partial charge in [0.1, 0.15) is 0 Å². The quantitative estimate of drug-likeness (QED) is 0.521. The van der Waals surface area contributed by atoms with Gasteiger partial charge in [0.25, 0.3) is 0 Å². The Morgan fingerprint density at radius 3 is 1.77 bits per heavy atom. The number of rotatable bonds is 11. The van der Waals surface area contributed by atoms with Gasteiger partial charge in [-0.25, -0.2) is 0 Å². The number of hydrogen-bond acceptors (Lipinski definition) is 3. The average Bonchev–Trinajstić information content (AvgIpc) is 2.63. The third kappa shape index (κ3) is 7.02. The molecule has 1 saturated carbocycles. The van der Waals surface area contributed by atoms with Gasteiger partial charge in [0, 0.05) is 17.9 Å². The Morgan fingerprint density at radius 2 is 1.35 bits per heavy atom. The fourth-order valence-corrected chi connectivity index (χ4v) is 4.02. The zero-order valence-electron chi connectivity index (χ0n) is 17.6. The van der Waals surface area contributed by atoms with Gasteiger partial charge in [-0.15, -0.1) is 0 Å². The van der Waals surface area contributed by atoms with E-state index < -0.39 is 0 Å². The van der Waals surface area contributed by atoms with E-state index in [0.717, 1.165) is 77.0 Å². The summed E-state index contributed by atoms with van der Waals surface area (Å²) in [7, 11) is 0. The number of nitrogens with two attached hydrogens (primary N) is 1. The largest absolute Gasteiger partial charge is 0.326 e. The van der Waals surface area contributed by atoms with E-state index in [1.165, 1.54) is 0 Å². The summed E-state index contributed by atoms with van der Waals surface area (Å²) in [6, 6.07) is -0.173. The van der Waals surface area contributed by atoms with Crippen molar-refractivity contribution in [2.75, 3.05) is 0 Å². The van der Waals surface area contributed by atoms with E-state index in [4.69, 9.17) is 5.73 Å². The Morgan fingerprint density at radius 1 is 0.885 bits per heavy atom. The Bertz CT molecular complexity index is 396. The van der Waals surface area contributed by atoms with Crippen molar-refractivity contribution in [3.05, 3.63) is 0 Å². The standard InChI is InChI=1S/C22H42N2O2/c1-5-7-9-13-17(3)21(25)24(20-16-12-11-15-19(20)23)22(26)18(4)14-10-8-6-2/h17-20H,5-16,23H2,1-4H3. The molecular formula is C22H42N2O2. The lowest BCUT2D eigenvalue weighted by atomic mass is 9.87. The van der Waals surface area contributed by atoms with Crippen molar-refractivity contribution in [3.8, 4) is 0 Å². The first-order valence-electron chi connectivity index (χ1n) is 11.1. The highest BCUT2D eigenvalue weighted by molar-refractivity contribution is 5.97. The van der Waals surface area contributed by atoms with Crippen LogP contribution in [0.3, 0.4) is 0 Å². The maximum Gasteiger partial charge on any atom is 0.232 e. The molecule has 0 aromatic rings. The van der Waals surface area contributed by atoms with Gasteiger partial charge in [0.15, 0.2) is 0 Å². The molecule has 0 heterocycles. The van der Waals surface area contributed by atoms with Gasteiger partial charge in [-0.2, -0.15) is 0 Å². The first-order valence-corrected chi connectivity index (χ1v) is 11.1. The van der Waals surface area contributed by atoms with Gasteiger partial charge in [0.05, 0.1) is 6.04 Å². The summed E-state index contributed by atoms with van der Waals surface area (Å²) in [6.45, 7) is 8.30. The lowest BCUT2D eigenvalue weighted by molar-refractivity contribution is -0.154. The summed E-state index contributed by atoms with van der Waals surface area (Å²) in [6.07, 6.45) is 12.3. The minimum absolute atomic E-state index is 0.00999. The average molecular weight is 367 g/mol. The molecule has 2 amide bonds. The Kier molecular flexibility index (Phi) is 11.1. The summed E-state index contributed by atoms with van der Waals surface area (Å²) >= 11 is 0. The number of nitrogens with zero attached hydrogens (tertiary/aromatic N) is 1. The van der Waals surface area contributed by atoms with Crippen molar-refractivity contribution in [1.29, 1.82) is 0 Å². The molecule has 2 N–H and O–H groups in total. The van der Waals surface area contributed by atoms with Gasteiger partial charge in [-0.3, -0.25) is 14.5 Å². The van der Waals surface area contributed by atoms with Crippen molar-refractivity contribution in [1.82, 2.24) is 4.90 Å². The molecular weight excluding hydrogens is 324 g/mol. The van der Waals surface area contributed by atoms with E-state index in [9.17, 15) is 9.59 Å². The Hall–Kier alpha value is -0.900. The molecule has 0 spiro atoms. The molecule has 1 fully saturated rings. The van der Waals surface area contributed by atoms with Crippen molar-refractivity contribution >= 4 is 11.8 Å². The maximum absolute atomic E-state index is 13.2. The molecule has 0 saturated heterocycles. The van der Waals surface area contributed by atoms with Crippen LogP contribution in [-0.2, 0) is 9.59 Å². The van der Waals surface area contributed by atoms with Crippen LogP contribution in [0.1, 0.15) is 105 Å². The molecule has 0 aromatic heterocycles. The summed E-state index contributed by atoms with van der Waals surface area (Å²) in [5.74, 6) is -0.170. The molecule has 4 heteroatoms. The molecule has 1 aliphatic rings. The van der Waals surface area contributed by atoms with Crippen LogP contribution in [0.5, 0.6) is 0 Å². The number of imide groups is 1. The molecule has 0 radical (unpaired) electrons. The number of carbonyl (C=O) groups excluding carboxylic acids is 2. The summed E-state index contributed by atoms with van der Waals surface area (Å²) < 4.78 is 0. The minimum Gasteiger partial charge on any atom is -0.326 e. The lowest BCUT2D eigenvalue weighted by Crippen LogP contribution is -2.56. The van der Waals surface area contributed by atoms with Gasteiger partial charge >= 0.3 is 0 Å². The third-order valence-electron chi connectivity index (χ3n) is 5.91. The van der Waals surface area contributed by atoms with E-state index in [0.29, 0.717) is 0 Å². The van der Waals surface area contributed by atoms with E-state index in [1.54, 1.807) is 4.90 Å². The lowest BCUT2D eigenvalue weighted by Gasteiger charge is -2.39. The van der Waals surface area contributed by atoms with Crippen LogP contribution in [0, 0.1) is 11.8 Å². The fraction of sp³-hybridized carbons (Fsp3) is 0.909. The third-order valence-corrected chi connectivity index (χ3v) is 5.91. The normalized spacial score (nSPS) is 22.7. The highest BCUT2D eigenvalue weighted by atomic mass is 16.2. The smallest absolute Gasteiger partial charge is 0.232 e. The predicted octanol–water partition coefficient (Wildman–Crippen LogP) is 5.04. The van der Waals surface area contributed by atoms with E-state index >= 15 is 0 Å². The maximum atomic E-state index is 13.2. The summed E-state index contributed by atoms with van der Waals surface area (Å²) in [5, 5.41) is 0. The Labute approximate surface area is 161 Å². The van der Waals surface area contributed by atoms with Gasteiger partial charge in [-0.1, -0.05) is 79.1 Å². The first-order chi connectivity index (χ1) is 12.4. The van der Waals surface area contributed by atoms with Crippen LogP contribution < -0.4 is 5.73 Å². The topological polar surface area (TPSA) is 63.4 Å². The summed E-state index contributed by atoms with van der Waals surface area (Å²) in [4.78, 5) is 28.0. The molecule has 1 aliphatic carbocycles. The molecule has 0 bridgehead atoms. The number of unbranched alkanes of at least 4 members (excludes halogenated alkanes) is 4. The van der Waals surface area contributed by atoms with Gasteiger partial charge in [0.2, 0.25) is 11.8 Å². The first kappa shape index (κ1) is 23.1. The van der Waals surface area contributed by atoms with Crippen LogP contribution in [0.2, 0.25) is 0 Å². The van der Waals surface area contributed by atoms with E-state index in [-0.39, 0.29) is 35.7 Å². The fourth-order valence-electron chi connectivity index (χ4n) is 4.02. The second-order valence-electron chi connectivity index (χ2n) is 8.36. The van der Waals surface area contributed by atoms with Gasteiger partial charge < -0.3 is 5.73 Å². The second-order valence-corrected chi connectivity index (χ2v) is 8.36. The van der Waals surface area contributed by atoms with E-state index in [1.807, 2.05) is 13.8 Å². The van der Waals surface area contributed by atoms with Crippen molar-refractivity contribution in [3.63, 3.8) is 0 Å². The van der Waals surface area contributed by atoms with Crippen LogP contribution in [-0.4, -0.2) is 28.8 Å². The predicted molar refractivity (Wildman–Crippen MR) is 109 cm³/mol. The summed E-state index contributed by atoms with van der Waals surface area (Å²) in [5.41, 5.74) is 6.35. The number of carbonyl (C=O) groups is 2. The molecule has 1 rings (SSSR count). The monoisotopic (exact) mass is 366 g/mol. The molecule has 4 atom stereocenters. The highest BCUT2D eigenvalue weighted by Crippen LogP contribution is 2.27. The SMILES string of the molecule is CCCCCC(C)C(=O)N(C(=O)C(C)CCCCC)C1CCCCC1N. The second kappa shape index (κ2) is 12.5. The molecule has 4 nitrogen and oxygen atoms in total. The molecule has 0 aromatic carbocycles. The minimum atomic E-state index is -0.106. The number of hydrogen-bond donors (Lipinski definition) is 1. The van der Waals surface area contributed by atoms with E-state index in [2.05, 4.69) is 13.8 Å². The zero-order valence-corrected chi connectivity index (χ0v) is 17.6. The molecule has 152 valence electrons. The highest BCUT2D eigenvalue weighted by Gasteiger charge is 2.38. The van der Waals surface area contributed by atoms with Crippen LogP contribution >= 0.6 is 0 Å². The molecule has 0 aliphatic heterocycles. The van der Waals surface area contributed by atoms with Crippen molar-refractivity contribution in [2.45, 2.75) is 117 Å². The van der Waals surface area contributed by atoms with Crippen LogP contribution in [0.4, 0.5) is 0 Å². The van der Waals surface area contributed by atoms with Crippen LogP contribution in [0.15, 0.2) is 0 Å². The Balaban J connectivity index is 2.86.